The van der Waals surface area contributed by atoms with Gasteiger partial charge in [0.15, 0.2) is 0 Å². The number of anilines is 1. The van der Waals surface area contributed by atoms with E-state index in [0.717, 1.165) is 12.0 Å². The zero-order valence-electron chi connectivity index (χ0n) is 7.20. The monoisotopic (exact) mass is 184 g/mol. The molecule has 1 heterocycles. The maximum atomic E-state index is 11.0. The van der Waals surface area contributed by atoms with Gasteiger partial charge in [-0.3, -0.25) is 4.21 Å². The van der Waals surface area contributed by atoms with Crippen molar-refractivity contribution in [1.82, 2.24) is 4.98 Å². The first-order chi connectivity index (χ1) is 5.65. The first-order valence-corrected chi connectivity index (χ1v) is 5.28. The van der Waals surface area contributed by atoms with Crippen LogP contribution >= 0.6 is 0 Å². The van der Waals surface area contributed by atoms with Gasteiger partial charge in [0.2, 0.25) is 0 Å². The summed E-state index contributed by atoms with van der Waals surface area (Å²) in [5.74, 6) is 0. The normalized spacial score (nSPS) is 12.8. The molecule has 0 bridgehead atoms. The van der Waals surface area contributed by atoms with Crippen molar-refractivity contribution < 1.29 is 4.21 Å². The Morgan fingerprint density at radius 2 is 2.33 bits per heavy atom. The third-order valence-corrected chi connectivity index (χ3v) is 2.49. The second-order valence-corrected chi connectivity index (χ2v) is 3.86. The van der Waals surface area contributed by atoms with E-state index in [1.807, 2.05) is 6.92 Å². The van der Waals surface area contributed by atoms with Crippen LogP contribution in [0.5, 0.6) is 0 Å². The fourth-order valence-corrected chi connectivity index (χ4v) is 1.46. The number of pyridine rings is 1. The van der Waals surface area contributed by atoms with Crippen LogP contribution in [-0.4, -0.2) is 15.4 Å². The highest BCUT2D eigenvalue weighted by molar-refractivity contribution is 7.84. The van der Waals surface area contributed by atoms with Crippen LogP contribution in [-0.2, 0) is 17.2 Å². The van der Waals surface area contributed by atoms with E-state index in [4.69, 9.17) is 5.73 Å². The summed E-state index contributed by atoms with van der Waals surface area (Å²) in [5.41, 5.74) is 7.32. The summed E-state index contributed by atoms with van der Waals surface area (Å²) < 4.78 is 11.0. The number of nitrogens with two attached hydrogens (primary N) is 1. The second kappa shape index (κ2) is 3.67. The molecule has 1 unspecified atom stereocenters. The van der Waals surface area contributed by atoms with E-state index in [1.165, 1.54) is 0 Å². The molecule has 12 heavy (non-hydrogen) atoms. The van der Waals surface area contributed by atoms with Gasteiger partial charge in [0.1, 0.15) is 5.03 Å². The standard InChI is InChI=1S/C8H12N2OS/c1-3-6-4-8(12(2)11)10-5-7(6)9/h4-5H,3,9H2,1-2H3. The van der Waals surface area contributed by atoms with Crippen molar-refractivity contribution in [3.8, 4) is 0 Å². The van der Waals surface area contributed by atoms with Gasteiger partial charge in [-0.25, -0.2) is 4.98 Å². The lowest BCUT2D eigenvalue weighted by Crippen LogP contribution is -1.99. The molecule has 2 N–H and O–H groups in total. The van der Waals surface area contributed by atoms with E-state index in [0.29, 0.717) is 10.7 Å². The molecule has 1 aromatic rings. The quantitative estimate of drug-likeness (QED) is 0.745. The van der Waals surface area contributed by atoms with Crippen LogP contribution in [0.4, 0.5) is 5.69 Å². The number of hydrogen-bond acceptors (Lipinski definition) is 3. The Hall–Kier alpha value is -0.900. The van der Waals surface area contributed by atoms with Gasteiger partial charge in [-0.05, 0) is 18.1 Å². The minimum absolute atomic E-state index is 0.598. The molecule has 1 rings (SSSR count). The summed E-state index contributed by atoms with van der Waals surface area (Å²) in [6.45, 7) is 2.01. The second-order valence-electron chi connectivity index (χ2n) is 2.53. The first-order valence-electron chi connectivity index (χ1n) is 3.73. The summed E-state index contributed by atoms with van der Waals surface area (Å²) in [4.78, 5) is 3.96. The number of nitrogen functional groups attached to an aromatic ring is 1. The molecule has 0 aromatic carbocycles. The van der Waals surface area contributed by atoms with Crippen LogP contribution in [0, 0.1) is 0 Å². The summed E-state index contributed by atoms with van der Waals surface area (Å²) in [6, 6.07) is 1.80. The van der Waals surface area contributed by atoms with Crippen LogP contribution < -0.4 is 5.73 Å². The summed E-state index contributed by atoms with van der Waals surface area (Å²) in [6.07, 6.45) is 4.02. The summed E-state index contributed by atoms with van der Waals surface area (Å²) in [5, 5.41) is 0.598. The van der Waals surface area contributed by atoms with Gasteiger partial charge in [0.05, 0.1) is 22.7 Å². The number of rotatable bonds is 2. The third kappa shape index (κ3) is 1.82. The topological polar surface area (TPSA) is 56.0 Å². The van der Waals surface area contributed by atoms with Crippen LogP contribution in [0.25, 0.3) is 0 Å². The number of aryl methyl sites for hydroxylation is 1. The van der Waals surface area contributed by atoms with Crippen LogP contribution in [0.2, 0.25) is 0 Å². The molecule has 0 aliphatic heterocycles. The predicted octanol–water partition coefficient (Wildman–Crippen LogP) is 0.964. The van der Waals surface area contributed by atoms with Crippen LogP contribution in [0.1, 0.15) is 12.5 Å². The Balaban J connectivity index is 3.13. The summed E-state index contributed by atoms with van der Waals surface area (Å²) in [7, 11) is -1.02. The number of aromatic nitrogens is 1. The molecule has 3 nitrogen and oxygen atoms in total. The lowest BCUT2D eigenvalue weighted by Gasteiger charge is -2.02. The molecule has 1 aromatic heterocycles. The lowest BCUT2D eigenvalue weighted by atomic mass is 10.2. The molecule has 0 fully saturated rings. The molecule has 0 amide bonds. The average molecular weight is 184 g/mol. The van der Waals surface area contributed by atoms with Crippen molar-refractivity contribution >= 4 is 16.5 Å². The Morgan fingerprint density at radius 3 is 2.83 bits per heavy atom. The minimum Gasteiger partial charge on any atom is -0.397 e. The zero-order chi connectivity index (χ0) is 9.14. The predicted molar refractivity (Wildman–Crippen MR) is 50.4 cm³/mol. The highest BCUT2D eigenvalue weighted by atomic mass is 32.2. The Bertz CT molecular complexity index is 312. The van der Waals surface area contributed by atoms with Crippen molar-refractivity contribution in [2.45, 2.75) is 18.4 Å². The van der Waals surface area contributed by atoms with Crippen molar-refractivity contribution in [1.29, 1.82) is 0 Å². The highest BCUT2D eigenvalue weighted by Gasteiger charge is 2.02. The molecule has 0 saturated carbocycles. The Kier molecular flexibility index (Phi) is 2.81. The van der Waals surface area contributed by atoms with Gasteiger partial charge < -0.3 is 5.73 Å². The Morgan fingerprint density at radius 1 is 1.67 bits per heavy atom. The molecule has 66 valence electrons. The van der Waals surface area contributed by atoms with Crippen molar-refractivity contribution in [2.75, 3.05) is 12.0 Å². The number of nitrogens with zero attached hydrogens (tertiary/aromatic N) is 1. The molecule has 0 spiro atoms. The maximum Gasteiger partial charge on any atom is 0.127 e. The molecular formula is C8H12N2OS. The van der Waals surface area contributed by atoms with Gasteiger partial charge >= 0.3 is 0 Å². The molecule has 0 radical (unpaired) electrons. The van der Waals surface area contributed by atoms with E-state index in [1.54, 1.807) is 18.5 Å². The van der Waals surface area contributed by atoms with E-state index in [-0.39, 0.29) is 0 Å². The van der Waals surface area contributed by atoms with Crippen LogP contribution in [0.3, 0.4) is 0 Å². The number of hydrogen-bond donors (Lipinski definition) is 1. The minimum atomic E-state index is -1.02. The van der Waals surface area contributed by atoms with E-state index in [9.17, 15) is 4.21 Å². The molecule has 0 saturated heterocycles. The van der Waals surface area contributed by atoms with Crippen molar-refractivity contribution in [3.05, 3.63) is 17.8 Å². The Labute approximate surface area is 74.5 Å². The van der Waals surface area contributed by atoms with Crippen LogP contribution in [0.15, 0.2) is 17.3 Å². The lowest BCUT2D eigenvalue weighted by molar-refractivity contribution is 0.684. The third-order valence-electron chi connectivity index (χ3n) is 1.67. The van der Waals surface area contributed by atoms with Gasteiger partial charge in [-0.1, -0.05) is 6.92 Å². The fourth-order valence-electron chi connectivity index (χ4n) is 0.949. The fraction of sp³-hybridized carbons (Fsp3) is 0.375. The molecule has 4 heteroatoms. The van der Waals surface area contributed by atoms with Crippen molar-refractivity contribution in [2.24, 2.45) is 0 Å². The molecule has 0 aliphatic rings. The maximum absolute atomic E-state index is 11.0. The SMILES string of the molecule is CCc1cc(S(C)=O)ncc1N. The zero-order valence-corrected chi connectivity index (χ0v) is 8.02. The van der Waals surface area contributed by atoms with Crippen molar-refractivity contribution in [3.63, 3.8) is 0 Å². The van der Waals surface area contributed by atoms with E-state index >= 15 is 0 Å². The molecule has 1 atom stereocenters. The van der Waals surface area contributed by atoms with Gasteiger partial charge in [-0.2, -0.15) is 0 Å². The average Bonchev–Trinajstić information content (AvgIpc) is 2.05. The molecule has 0 aliphatic carbocycles. The highest BCUT2D eigenvalue weighted by Crippen LogP contribution is 2.13. The van der Waals surface area contributed by atoms with Gasteiger partial charge in [0.25, 0.3) is 0 Å². The van der Waals surface area contributed by atoms with E-state index in [2.05, 4.69) is 4.98 Å². The first kappa shape index (κ1) is 9.19. The van der Waals surface area contributed by atoms with Gasteiger partial charge in [-0.15, -0.1) is 0 Å². The smallest absolute Gasteiger partial charge is 0.127 e. The van der Waals surface area contributed by atoms with E-state index < -0.39 is 10.8 Å². The largest absolute Gasteiger partial charge is 0.397 e. The summed E-state index contributed by atoms with van der Waals surface area (Å²) >= 11 is 0. The molecular weight excluding hydrogens is 172 g/mol. The van der Waals surface area contributed by atoms with Gasteiger partial charge in [0, 0.05) is 6.26 Å².